The highest BCUT2D eigenvalue weighted by molar-refractivity contribution is 7.10. The molecule has 0 aliphatic carbocycles. The molecule has 3 heterocycles. The molecule has 0 bridgehead atoms. The first-order valence-corrected chi connectivity index (χ1v) is 12.4. The Morgan fingerprint density at radius 2 is 2.06 bits per heavy atom. The van der Waals surface area contributed by atoms with Gasteiger partial charge >= 0.3 is 5.97 Å². The fraction of sp³-hybridized carbons (Fsp3) is 0.261. The van der Waals surface area contributed by atoms with E-state index < -0.39 is 12.0 Å². The summed E-state index contributed by atoms with van der Waals surface area (Å²) in [5, 5.41) is 2.78. The number of thiophene rings is 1. The fourth-order valence-electron chi connectivity index (χ4n) is 3.37. The third-order valence-electron chi connectivity index (χ3n) is 4.84. The van der Waals surface area contributed by atoms with Gasteiger partial charge in [0.15, 0.2) is 4.80 Å². The van der Waals surface area contributed by atoms with Gasteiger partial charge in [-0.3, -0.25) is 9.36 Å². The van der Waals surface area contributed by atoms with Gasteiger partial charge in [0.05, 0.1) is 32.5 Å². The Morgan fingerprint density at radius 3 is 2.72 bits per heavy atom. The van der Waals surface area contributed by atoms with Crippen LogP contribution < -0.4 is 14.9 Å². The molecule has 0 unspecified atom stereocenters. The molecule has 0 N–H and O–H groups in total. The van der Waals surface area contributed by atoms with E-state index >= 15 is 0 Å². The van der Waals surface area contributed by atoms with Crippen LogP contribution in [0.2, 0.25) is 10.0 Å². The minimum atomic E-state index is -0.582. The first-order valence-electron chi connectivity index (χ1n) is 9.94. The summed E-state index contributed by atoms with van der Waals surface area (Å²) in [6.45, 7) is 6.03. The van der Waals surface area contributed by atoms with Crippen molar-refractivity contribution in [1.29, 1.82) is 0 Å². The summed E-state index contributed by atoms with van der Waals surface area (Å²) in [4.78, 5) is 32.5. The number of halogens is 2. The average Bonchev–Trinajstić information content (AvgIpc) is 3.37. The normalized spacial score (nSPS) is 16.3. The number of hydrogen-bond donors (Lipinski definition) is 0. The van der Waals surface area contributed by atoms with Crippen LogP contribution in [0.5, 0.6) is 0 Å². The van der Waals surface area contributed by atoms with Gasteiger partial charge in [-0.2, -0.15) is 0 Å². The molecule has 166 valence electrons. The summed E-state index contributed by atoms with van der Waals surface area (Å²) < 4.78 is 7.60. The van der Waals surface area contributed by atoms with Gasteiger partial charge < -0.3 is 4.74 Å². The van der Waals surface area contributed by atoms with E-state index in [4.69, 9.17) is 27.9 Å². The highest BCUT2D eigenvalue weighted by Crippen LogP contribution is 2.33. The van der Waals surface area contributed by atoms with Crippen molar-refractivity contribution in [3.63, 3.8) is 0 Å². The first-order chi connectivity index (χ1) is 15.3. The average molecular weight is 507 g/mol. The minimum Gasteiger partial charge on any atom is -0.462 e. The molecular weight excluding hydrogens is 487 g/mol. The highest BCUT2D eigenvalue weighted by Gasteiger charge is 2.34. The topological polar surface area (TPSA) is 60.7 Å². The van der Waals surface area contributed by atoms with Crippen LogP contribution in [-0.2, 0) is 9.53 Å². The Hall–Kier alpha value is -2.19. The molecule has 1 aliphatic rings. The molecule has 0 radical (unpaired) electrons. The van der Waals surface area contributed by atoms with Crippen molar-refractivity contribution in [3.8, 4) is 0 Å². The van der Waals surface area contributed by atoms with Crippen LogP contribution in [0, 0.1) is 5.92 Å². The standard InChI is InChI=1S/C23H20Cl2N2O3S2/c1-12(2)11-30-22(29)19-13(3)26-23-27(20(19)17-5-4-8-31-17)21(28)18(32-23)10-14-6-7-15(24)16(25)9-14/h4-10,12,20H,11H2,1-3H3/b18-10+/t20-/m1/s1. The number of carbonyl (C=O) groups is 1. The lowest BCUT2D eigenvalue weighted by Gasteiger charge is -2.23. The molecule has 0 fully saturated rings. The molecule has 3 aromatic rings. The third-order valence-corrected chi connectivity index (χ3v) is 7.49. The number of rotatable bonds is 5. The Kier molecular flexibility index (Phi) is 6.72. The van der Waals surface area contributed by atoms with Crippen molar-refractivity contribution >= 4 is 57.9 Å². The number of ether oxygens (including phenoxy) is 1. The lowest BCUT2D eigenvalue weighted by atomic mass is 10.0. The SMILES string of the molecule is CC1=C(C(=O)OCC(C)C)[C@@H](c2cccs2)n2c(s/c(=C/c3ccc(Cl)c(Cl)c3)c2=O)=N1. The number of nitrogens with zero attached hydrogens (tertiary/aromatic N) is 2. The Labute approximate surface area is 202 Å². The Morgan fingerprint density at radius 1 is 1.28 bits per heavy atom. The van der Waals surface area contributed by atoms with Gasteiger partial charge in [-0.25, -0.2) is 9.79 Å². The lowest BCUT2D eigenvalue weighted by Crippen LogP contribution is -2.39. The summed E-state index contributed by atoms with van der Waals surface area (Å²) in [5.41, 5.74) is 1.48. The number of thiazole rings is 1. The van der Waals surface area contributed by atoms with E-state index in [9.17, 15) is 9.59 Å². The third kappa shape index (κ3) is 4.48. The molecule has 0 saturated carbocycles. The van der Waals surface area contributed by atoms with Gasteiger partial charge in [0, 0.05) is 4.88 Å². The first kappa shape index (κ1) is 23.0. The molecule has 1 atom stereocenters. The fourth-order valence-corrected chi connectivity index (χ4v) is 5.55. The van der Waals surface area contributed by atoms with E-state index in [-0.39, 0.29) is 11.5 Å². The number of allylic oxidation sites excluding steroid dienone is 1. The second-order valence-electron chi connectivity index (χ2n) is 7.76. The van der Waals surface area contributed by atoms with Gasteiger partial charge in [0.2, 0.25) is 0 Å². The number of benzene rings is 1. The summed E-state index contributed by atoms with van der Waals surface area (Å²) in [6, 6.07) is 8.43. The van der Waals surface area contributed by atoms with E-state index in [1.54, 1.807) is 35.8 Å². The van der Waals surface area contributed by atoms with Gasteiger partial charge in [0.1, 0.15) is 6.04 Å². The van der Waals surface area contributed by atoms with Crippen LogP contribution >= 0.6 is 45.9 Å². The Balaban J connectivity index is 1.87. The molecule has 1 aromatic carbocycles. The summed E-state index contributed by atoms with van der Waals surface area (Å²) in [6.07, 6.45) is 1.76. The predicted octanol–water partition coefficient (Wildman–Crippen LogP) is 4.80. The zero-order valence-electron chi connectivity index (χ0n) is 17.6. The smallest absolute Gasteiger partial charge is 0.338 e. The number of aromatic nitrogens is 1. The molecule has 9 heteroatoms. The van der Waals surface area contributed by atoms with Crippen molar-refractivity contribution < 1.29 is 9.53 Å². The lowest BCUT2D eigenvalue weighted by molar-refractivity contribution is -0.140. The van der Waals surface area contributed by atoms with Crippen LogP contribution in [-0.4, -0.2) is 17.1 Å². The van der Waals surface area contributed by atoms with Gasteiger partial charge in [0.25, 0.3) is 5.56 Å². The number of hydrogen-bond acceptors (Lipinski definition) is 6. The maximum absolute atomic E-state index is 13.5. The monoisotopic (exact) mass is 506 g/mol. The predicted molar refractivity (Wildman–Crippen MR) is 130 cm³/mol. The van der Waals surface area contributed by atoms with Crippen LogP contribution in [0.25, 0.3) is 6.08 Å². The molecule has 4 rings (SSSR count). The van der Waals surface area contributed by atoms with Gasteiger partial charge in [-0.15, -0.1) is 11.3 Å². The van der Waals surface area contributed by atoms with Gasteiger partial charge in [-0.1, -0.05) is 60.5 Å². The van der Waals surface area contributed by atoms with Crippen molar-refractivity contribution in [2.75, 3.05) is 6.61 Å². The van der Waals surface area contributed by atoms with Crippen LogP contribution in [0.15, 0.2) is 56.8 Å². The van der Waals surface area contributed by atoms with Crippen LogP contribution in [0.4, 0.5) is 0 Å². The van der Waals surface area contributed by atoms with Crippen molar-refractivity contribution in [2.24, 2.45) is 10.9 Å². The van der Waals surface area contributed by atoms with E-state index in [0.29, 0.717) is 37.3 Å². The molecule has 0 saturated heterocycles. The van der Waals surface area contributed by atoms with Crippen LogP contribution in [0.1, 0.15) is 37.3 Å². The van der Waals surface area contributed by atoms with E-state index in [1.807, 2.05) is 31.4 Å². The largest absolute Gasteiger partial charge is 0.462 e. The van der Waals surface area contributed by atoms with E-state index in [1.165, 1.54) is 22.7 Å². The van der Waals surface area contributed by atoms with Crippen molar-refractivity contribution in [3.05, 3.63) is 87.2 Å². The molecule has 1 aliphatic heterocycles. The zero-order chi connectivity index (χ0) is 23.0. The summed E-state index contributed by atoms with van der Waals surface area (Å²) in [7, 11) is 0. The molecule has 5 nitrogen and oxygen atoms in total. The maximum atomic E-state index is 13.5. The number of carbonyl (C=O) groups excluding carboxylic acids is 1. The molecule has 32 heavy (non-hydrogen) atoms. The summed E-state index contributed by atoms with van der Waals surface area (Å²) >= 11 is 14.9. The maximum Gasteiger partial charge on any atom is 0.338 e. The summed E-state index contributed by atoms with van der Waals surface area (Å²) in [5.74, 6) is -0.246. The zero-order valence-corrected chi connectivity index (χ0v) is 20.7. The quantitative estimate of drug-likeness (QED) is 0.466. The molecule has 0 amide bonds. The highest BCUT2D eigenvalue weighted by atomic mass is 35.5. The van der Waals surface area contributed by atoms with Crippen LogP contribution in [0.3, 0.4) is 0 Å². The molecular formula is C23H20Cl2N2O3S2. The van der Waals surface area contributed by atoms with Gasteiger partial charge in [-0.05, 0) is 48.1 Å². The van der Waals surface area contributed by atoms with E-state index in [0.717, 1.165) is 10.4 Å². The minimum absolute atomic E-state index is 0.201. The van der Waals surface area contributed by atoms with Crippen molar-refractivity contribution in [1.82, 2.24) is 4.57 Å². The Bertz CT molecular complexity index is 1390. The van der Waals surface area contributed by atoms with E-state index in [2.05, 4.69) is 4.99 Å². The molecule has 2 aromatic heterocycles. The second kappa shape index (κ2) is 9.35. The van der Waals surface area contributed by atoms with Crippen molar-refractivity contribution in [2.45, 2.75) is 26.8 Å². The number of fused-ring (bicyclic) bond motifs is 1. The second-order valence-corrected chi connectivity index (χ2v) is 10.6. The number of esters is 1. The molecule has 0 spiro atoms.